The molecule has 10 heteroatoms. The highest BCUT2D eigenvalue weighted by molar-refractivity contribution is 9.10. The Bertz CT molecular complexity index is 631. The SMILES string of the molecule is COC(=O)c1c(S(C)=NC(=O)C(F)(F)F)ccc(F)c1Br. The molecule has 1 unspecified atom stereocenters. The smallest absolute Gasteiger partial charge is 0.465 e. The van der Waals surface area contributed by atoms with Gasteiger partial charge < -0.3 is 4.74 Å². The third kappa shape index (κ3) is 4.10. The van der Waals surface area contributed by atoms with Crippen LogP contribution < -0.4 is 0 Å². The lowest BCUT2D eigenvalue weighted by atomic mass is 10.2. The van der Waals surface area contributed by atoms with Crippen LogP contribution in [0.5, 0.6) is 0 Å². The van der Waals surface area contributed by atoms with Gasteiger partial charge in [0.1, 0.15) is 5.82 Å². The summed E-state index contributed by atoms with van der Waals surface area (Å²) in [6.45, 7) is 0. The van der Waals surface area contributed by atoms with Gasteiger partial charge in [-0.25, -0.2) is 9.18 Å². The highest BCUT2D eigenvalue weighted by Gasteiger charge is 2.39. The van der Waals surface area contributed by atoms with Crippen molar-refractivity contribution in [1.82, 2.24) is 0 Å². The van der Waals surface area contributed by atoms with Gasteiger partial charge in [0.05, 0.1) is 17.1 Å². The summed E-state index contributed by atoms with van der Waals surface area (Å²) < 4.78 is 57.2. The minimum absolute atomic E-state index is 0.0345. The molecule has 21 heavy (non-hydrogen) atoms. The van der Waals surface area contributed by atoms with E-state index in [-0.39, 0.29) is 14.9 Å². The predicted molar refractivity (Wildman–Crippen MR) is 70.5 cm³/mol. The number of benzene rings is 1. The second-order valence-electron chi connectivity index (χ2n) is 3.60. The quantitative estimate of drug-likeness (QED) is 0.576. The molecule has 4 nitrogen and oxygen atoms in total. The minimum Gasteiger partial charge on any atom is -0.465 e. The van der Waals surface area contributed by atoms with Gasteiger partial charge in [0.15, 0.2) is 0 Å². The molecule has 0 bridgehead atoms. The maximum Gasteiger partial charge on any atom is 0.474 e. The molecule has 0 aliphatic carbocycles. The Kier molecular flexibility index (Phi) is 5.62. The average molecular weight is 390 g/mol. The monoisotopic (exact) mass is 389 g/mol. The van der Waals surface area contributed by atoms with Crippen LogP contribution in [0.15, 0.2) is 25.9 Å². The third-order valence-corrected chi connectivity index (χ3v) is 4.42. The first-order chi connectivity index (χ1) is 9.59. The Morgan fingerprint density at radius 2 is 1.90 bits per heavy atom. The van der Waals surface area contributed by atoms with Crippen molar-refractivity contribution in [3.05, 3.63) is 28.0 Å². The summed E-state index contributed by atoms with van der Waals surface area (Å²) in [6, 6.07) is 2.03. The molecule has 0 aliphatic rings. The number of esters is 1. The molecule has 0 fully saturated rings. The van der Waals surface area contributed by atoms with E-state index in [2.05, 4.69) is 25.0 Å². The lowest BCUT2D eigenvalue weighted by molar-refractivity contribution is -0.169. The van der Waals surface area contributed by atoms with Crippen LogP contribution in [-0.2, 0) is 20.2 Å². The van der Waals surface area contributed by atoms with E-state index in [0.29, 0.717) is 0 Å². The molecule has 1 amide bonds. The maximum atomic E-state index is 13.4. The number of halogens is 5. The van der Waals surface area contributed by atoms with Crippen molar-refractivity contribution in [2.75, 3.05) is 13.4 Å². The average Bonchev–Trinajstić information content (AvgIpc) is 2.39. The zero-order chi connectivity index (χ0) is 16.4. The standard InChI is InChI=1S/C11H8BrF4NO3S/c1-20-9(18)7-6(4-3-5(13)8(7)12)21(2)17-10(19)11(14,15)16/h3-4H,1-2H3. The summed E-state index contributed by atoms with van der Waals surface area (Å²) in [5.41, 5.74) is -0.304. The van der Waals surface area contributed by atoms with Crippen LogP contribution in [0.2, 0.25) is 0 Å². The van der Waals surface area contributed by atoms with Gasteiger partial charge in [0.2, 0.25) is 0 Å². The molecule has 0 spiro atoms. The van der Waals surface area contributed by atoms with E-state index >= 15 is 0 Å². The van der Waals surface area contributed by atoms with Crippen LogP contribution >= 0.6 is 15.9 Å². The zero-order valence-corrected chi connectivity index (χ0v) is 13.0. The molecule has 0 aliphatic heterocycles. The Labute approximate surface area is 127 Å². The van der Waals surface area contributed by atoms with Crippen LogP contribution in [0.4, 0.5) is 17.6 Å². The van der Waals surface area contributed by atoms with E-state index in [9.17, 15) is 27.2 Å². The highest BCUT2D eigenvalue weighted by Crippen LogP contribution is 2.28. The van der Waals surface area contributed by atoms with E-state index in [1.807, 2.05) is 0 Å². The molecule has 0 radical (unpaired) electrons. The molecule has 116 valence electrons. The number of nitrogens with zero attached hydrogens (tertiary/aromatic N) is 1. The van der Waals surface area contributed by atoms with Crippen molar-refractivity contribution in [3.63, 3.8) is 0 Å². The first-order valence-corrected chi connectivity index (χ1v) is 7.53. The van der Waals surface area contributed by atoms with E-state index in [1.54, 1.807) is 0 Å². The van der Waals surface area contributed by atoms with E-state index in [1.165, 1.54) is 6.26 Å². The Morgan fingerprint density at radius 3 is 2.38 bits per heavy atom. The number of amides is 1. The molecule has 1 aromatic carbocycles. The fraction of sp³-hybridized carbons (Fsp3) is 0.273. The lowest BCUT2D eigenvalue weighted by Gasteiger charge is -2.11. The molecule has 1 atom stereocenters. The summed E-state index contributed by atoms with van der Waals surface area (Å²) in [4.78, 5) is 22.5. The molecule has 1 aromatic rings. The van der Waals surface area contributed by atoms with Crippen molar-refractivity contribution < 1.29 is 31.9 Å². The molecule has 0 saturated heterocycles. The summed E-state index contributed by atoms with van der Waals surface area (Å²) in [5.74, 6) is -4.02. The second-order valence-corrected chi connectivity index (χ2v) is 5.97. The fourth-order valence-electron chi connectivity index (χ4n) is 1.30. The molecule has 0 N–H and O–H groups in total. The van der Waals surface area contributed by atoms with Gasteiger partial charge in [-0.15, -0.1) is 0 Å². The highest BCUT2D eigenvalue weighted by atomic mass is 79.9. The number of rotatable bonds is 2. The number of hydrogen-bond donors (Lipinski definition) is 0. The Morgan fingerprint density at radius 1 is 1.33 bits per heavy atom. The normalized spacial score (nSPS) is 13.1. The van der Waals surface area contributed by atoms with Gasteiger partial charge in [0, 0.05) is 4.90 Å². The van der Waals surface area contributed by atoms with Crippen molar-refractivity contribution in [1.29, 1.82) is 0 Å². The van der Waals surface area contributed by atoms with Crippen LogP contribution in [0.3, 0.4) is 0 Å². The van der Waals surface area contributed by atoms with Crippen LogP contribution in [-0.4, -0.2) is 31.4 Å². The van der Waals surface area contributed by atoms with Crippen molar-refractivity contribution >= 4 is 38.5 Å². The van der Waals surface area contributed by atoms with Gasteiger partial charge >= 0.3 is 18.1 Å². The van der Waals surface area contributed by atoms with Gasteiger partial charge in [0.25, 0.3) is 0 Å². The maximum absolute atomic E-state index is 13.4. The van der Waals surface area contributed by atoms with E-state index in [4.69, 9.17) is 0 Å². The summed E-state index contributed by atoms with van der Waals surface area (Å²) in [6.07, 6.45) is -3.90. The first-order valence-electron chi connectivity index (χ1n) is 5.14. The molecule has 0 saturated carbocycles. The van der Waals surface area contributed by atoms with Crippen LogP contribution in [0.25, 0.3) is 0 Å². The van der Waals surface area contributed by atoms with Crippen molar-refractivity contribution in [2.24, 2.45) is 4.36 Å². The largest absolute Gasteiger partial charge is 0.474 e. The van der Waals surface area contributed by atoms with Crippen LogP contribution in [0, 0.1) is 5.82 Å². The third-order valence-electron chi connectivity index (χ3n) is 2.23. The van der Waals surface area contributed by atoms with Gasteiger partial charge in [-0.2, -0.15) is 17.5 Å². The number of alkyl halides is 3. The molecule has 0 aromatic heterocycles. The zero-order valence-electron chi connectivity index (χ0n) is 10.6. The van der Waals surface area contributed by atoms with Crippen molar-refractivity contribution in [2.45, 2.75) is 11.1 Å². The second kappa shape index (κ2) is 6.65. The minimum atomic E-state index is -5.11. The molecule has 0 heterocycles. The fourth-order valence-corrected chi connectivity index (χ4v) is 3.13. The van der Waals surface area contributed by atoms with E-state index < -0.39 is 34.6 Å². The summed E-state index contributed by atoms with van der Waals surface area (Å²) in [7, 11) is -0.567. The summed E-state index contributed by atoms with van der Waals surface area (Å²) in [5, 5.41) is 0. The van der Waals surface area contributed by atoms with Gasteiger partial charge in [-0.05, 0) is 34.3 Å². The number of carbonyl (C=O) groups excluding carboxylic acids is 2. The topological polar surface area (TPSA) is 55.7 Å². The lowest BCUT2D eigenvalue weighted by Crippen LogP contribution is -2.21. The van der Waals surface area contributed by atoms with Gasteiger partial charge in [-0.3, -0.25) is 4.79 Å². The number of ether oxygens (including phenoxy) is 1. The predicted octanol–water partition coefficient (Wildman–Crippen LogP) is 3.25. The Balaban J connectivity index is 3.44. The number of methoxy groups -OCH3 is 1. The molecular weight excluding hydrogens is 382 g/mol. The molecule has 1 rings (SSSR count). The van der Waals surface area contributed by atoms with Gasteiger partial charge in [-0.1, -0.05) is 10.7 Å². The van der Waals surface area contributed by atoms with Crippen LogP contribution in [0.1, 0.15) is 10.4 Å². The summed E-state index contributed by atoms with van der Waals surface area (Å²) >= 11 is 2.83. The first kappa shape index (κ1) is 17.8. The number of carbonyl (C=O) groups is 2. The Hall–Kier alpha value is -1.29. The number of hydrogen-bond acceptors (Lipinski definition) is 3. The van der Waals surface area contributed by atoms with Crippen molar-refractivity contribution in [3.8, 4) is 0 Å². The van der Waals surface area contributed by atoms with E-state index in [0.717, 1.165) is 19.2 Å². The molecular formula is C11H8BrF4NO3S.